The van der Waals surface area contributed by atoms with Gasteiger partial charge in [0.15, 0.2) is 0 Å². The lowest BCUT2D eigenvalue weighted by molar-refractivity contribution is -0.154. The summed E-state index contributed by atoms with van der Waals surface area (Å²) in [6, 6.07) is 0. The Hall–Kier alpha value is -1.88. The minimum atomic E-state index is -1.34. The molecule has 0 radical (unpaired) electrons. The Morgan fingerprint density at radius 3 is 2.65 bits per heavy atom. The lowest BCUT2D eigenvalue weighted by Gasteiger charge is -2.54. The van der Waals surface area contributed by atoms with Gasteiger partial charge in [-0.3, -0.25) is 4.79 Å². The first kappa shape index (κ1) is 23.8. The Morgan fingerprint density at radius 1 is 1.35 bits per heavy atom. The van der Waals surface area contributed by atoms with Crippen LogP contribution in [-0.2, 0) is 19.1 Å². The van der Waals surface area contributed by atoms with Crippen LogP contribution in [-0.4, -0.2) is 29.4 Å². The van der Waals surface area contributed by atoms with E-state index in [0.717, 1.165) is 38.5 Å². The van der Waals surface area contributed by atoms with Crippen LogP contribution < -0.4 is 0 Å². The van der Waals surface area contributed by atoms with Gasteiger partial charge in [0.2, 0.25) is 6.29 Å². The second-order valence-corrected chi connectivity index (χ2v) is 10.5. The fourth-order valence-corrected chi connectivity index (χ4v) is 6.04. The zero-order valence-corrected chi connectivity index (χ0v) is 19.7. The zero-order chi connectivity index (χ0) is 23.0. The number of fused-ring (bicyclic) bond motifs is 1. The van der Waals surface area contributed by atoms with Gasteiger partial charge >= 0.3 is 11.9 Å². The van der Waals surface area contributed by atoms with E-state index in [0.29, 0.717) is 23.8 Å². The normalized spacial score (nSPS) is 36.1. The van der Waals surface area contributed by atoms with E-state index in [-0.39, 0.29) is 10.8 Å². The highest BCUT2D eigenvalue weighted by Crippen LogP contribution is 2.60. The fourth-order valence-electron chi connectivity index (χ4n) is 6.04. The van der Waals surface area contributed by atoms with Gasteiger partial charge < -0.3 is 14.6 Å². The summed E-state index contributed by atoms with van der Waals surface area (Å²) in [6.07, 6.45) is 8.67. The van der Waals surface area contributed by atoms with Crippen molar-refractivity contribution in [3.8, 4) is 0 Å². The van der Waals surface area contributed by atoms with Crippen molar-refractivity contribution < 1.29 is 24.2 Å². The van der Waals surface area contributed by atoms with E-state index in [2.05, 4.69) is 40.3 Å². The van der Waals surface area contributed by atoms with Crippen LogP contribution >= 0.6 is 0 Å². The lowest BCUT2D eigenvalue weighted by atomic mass is 9.50. The summed E-state index contributed by atoms with van der Waals surface area (Å²) in [5, 5.41) is 10.2. The Bertz CT molecular complexity index is 809. The van der Waals surface area contributed by atoms with E-state index >= 15 is 0 Å². The fraction of sp³-hybridized carbons (Fsp3) is 0.692. The van der Waals surface area contributed by atoms with Crippen molar-refractivity contribution >= 4 is 11.9 Å². The summed E-state index contributed by atoms with van der Waals surface area (Å²) in [4.78, 5) is 23.5. The van der Waals surface area contributed by atoms with Crippen LogP contribution in [0.4, 0.5) is 0 Å². The second-order valence-electron chi connectivity index (χ2n) is 10.5. The molecule has 172 valence electrons. The van der Waals surface area contributed by atoms with Gasteiger partial charge in [0.1, 0.15) is 6.10 Å². The number of carbonyl (C=O) groups is 2. The first-order chi connectivity index (χ1) is 14.5. The zero-order valence-electron chi connectivity index (χ0n) is 19.7. The van der Waals surface area contributed by atoms with Crippen molar-refractivity contribution in [1.82, 2.24) is 0 Å². The second kappa shape index (κ2) is 8.93. The van der Waals surface area contributed by atoms with Crippen molar-refractivity contribution in [2.75, 3.05) is 0 Å². The molecule has 1 fully saturated rings. The van der Waals surface area contributed by atoms with E-state index < -0.39 is 24.3 Å². The van der Waals surface area contributed by atoms with Gasteiger partial charge in [-0.05, 0) is 74.5 Å². The number of cyclic esters (lactones) is 1. The summed E-state index contributed by atoms with van der Waals surface area (Å²) < 4.78 is 10.5. The average Bonchev–Trinajstić information content (AvgIpc) is 3.01. The summed E-state index contributed by atoms with van der Waals surface area (Å²) in [6.45, 7) is 14.6. The highest BCUT2D eigenvalue weighted by molar-refractivity contribution is 5.86. The first-order valence-electron chi connectivity index (χ1n) is 11.6. The van der Waals surface area contributed by atoms with Gasteiger partial charge in [-0.25, -0.2) is 4.79 Å². The maximum atomic E-state index is 11.8. The maximum Gasteiger partial charge on any atom is 0.333 e. The molecule has 1 aliphatic heterocycles. The molecule has 0 amide bonds. The minimum absolute atomic E-state index is 0.0962. The van der Waals surface area contributed by atoms with Crippen LogP contribution in [0.1, 0.15) is 79.6 Å². The molecule has 5 nitrogen and oxygen atoms in total. The molecule has 0 aromatic carbocycles. The molecule has 6 atom stereocenters. The number of hydrogen-bond donors (Lipinski definition) is 1. The average molecular weight is 431 g/mol. The van der Waals surface area contributed by atoms with Gasteiger partial charge in [-0.15, -0.1) is 6.58 Å². The number of aliphatic hydroxyl groups is 1. The van der Waals surface area contributed by atoms with Crippen LogP contribution in [0.25, 0.3) is 0 Å². The van der Waals surface area contributed by atoms with Crippen molar-refractivity contribution in [2.45, 2.75) is 92.0 Å². The molecule has 2 aliphatic carbocycles. The van der Waals surface area contributed by atoms with Crippen LogP contribution in [0, 0.1) is 22.7 Å². The van der Waals surface area contributed by atoms with Crippen molar-refractivity contribution in [3.63, 3.8) is 0 Å². The van der Waals surface area contributed by atoms with Gasteiger partial charge in [0.05, 0.1) is 0 Å². The molecule has 0 aromatic heterocycles. The molecular formula is C26H38O5. The van der Waals surface area contributed by atoms with E-state index in [4.69, 9.17) is 9.47 Å². The van der Waals surface area contributed by atoms with Crippen molar-refractivity contribution in [2.24, 2.45) is 22.7 Å². The largest absolute Gasteiger partial charge is 0.458 e. The number of aliphatic hydroxyl groups excluding tert-OH is 1. The molecule has 5 heteroatoms. The summed E-state index contributed by atoms with van der Waals surface area (Å²) in [5.41, 5.74) is 3.14. The van der Waals surface area contributed by atoms with Crippen molar-refractivity contribution in [1.29, 1.82) is 0 Å². The van der Waals surface area contributed by atoms with Crippen LogP contribution in [0.3, 0.4) is 0 Å². The molecule has 1 heterocycles. The Balaban J connectivity index is 1.90. The number of allylic oxidation sites excluding steroid dienone is 3. The monoisotopic (exact) mass is 430 g/mol. The standard InChI is InChI=1S/C26H38O5/c1-16(2)11-13-26(6)17(3)9-10-20-21(26)8-7-12-25(20,5)15-22(30-18(4)27)19-14-23(28)31-24(19)29/h8,14,17,20,22,24,29H,1,7,9-13,15H2,2-6H3/t17-,20+,22-,24?,25-,26+/m1/s1. The van der Waals surface area contributed by atoms with Gasteiger partial charge in [-0.1, -0.05) is 38.0 Å². The number of esters is 2. The first-order valence-corrected chi connectivity index (χ1v) is 11.6. The highest BCUT2D eigenvalue weighted by atomic mass is 16.6. The Labute approximate surface area is 186 Å². The third-order valence-corrected chi connectivity index (χ3v) is 8.13. The smallest absolute Gasteiger partial charge is 0.333 e. The number of rotatable bonds is 7. The van der Waals surface area contributed by atoms with Crippen LogP contribution in [0.2, 0.25) is 0 Å². The Morgan fingerprint density at radius 2 is 2.06 bits per heavy atom. The SMILES string of the molecule is C=C(C)CC[C@]1(C)C2=CCC[C@](C)(C[C@@H](OC(C)=O)C3=CC(=O)OC3O)[C@H]2CC[C@H]1C. The minimum Gasteiger partial charge on any atom is -0.458 e. The summed E-state index contributed by atoms with van der Waals surface area (Å²) in [7, 11) is 0. The van der Waals surface area contributed by atoms with E-state index in [1.165, 1.54) is 24.1 Å². The summed E-state index contributed by atoms with van der Waals surface area (Å²) >= 11 is 0. The molecule has 31 heavy (non-hydrogen) atoms. The third-order valence-electron chi connectivity index (χ3n) is 8.13. The van der Waals surface area contributed by atoms with E-state index in [9.17, 15) is 14.7 Å². The van der Waals surface area contributed by atoms with E-state index in [1.807, 2.05) is 0 Å². The van der Waals surface area contributed by atoms with Gasteiger partial charge in [0.25, 0.3) is 0 Å². The van der Waals surface area contributed by atoms with Gasteiger partial charge in [0, 0.05) is 18.6 Å². The van der Waals surface area contributed by atoms with Crippen LogP contribution in [0.15, 0.2) is 35.5 Å². The number of hydrogen-bond acceptors (Lipinski definition) is 5. The number of carbonyl (C=O) groups excluding carboxylic acids is 2. The van der Waals surface area contributed by atoms with Crippen LogP contribution in [0.5, 0.6) is 0 Å². The van der Waals surface area contributed by atoms with Gasteiger partial charge in [-0.2, -0.15) is 0 Å². The molecule has 1 saturated carbocycles. The predicted octanol–water partition coefficient (Wildman–Crippen LogP) is 5.25. The lowest BCUT2D eigenvalue weighted by Crippen LogP contribution is -2.46. The molecule has 3 rings (SSSR count). The van der Waals surface area contributed by atoms with Crippen molar-refractivity contribution in [3.05, 3.63) is 35.5 Å². The molecule has 0 bridgehead atoms. The molecule has 0 saturated heterocycles. The topological polar surface area (TPSA) is 72.8 Å². The quantitative estimate of drug-likeness (QED) is 0.441. The molecule has 1 unspecified atom stereocenters. The molecule has 0 aromatic rings. The molecular weight excluding hydrogens is 392 g/mol. The van der Waals surface area contributed by atoms with E-state index in [1.54, 1.807) is 0 Å². The predicted molar refractivity (Wildman–Crippen MR) is 120 cm³/mol. The molecule has 1 N–H and O–H groups in total. The molecule has 0 spiro atoms. The molecule has 3 aliphatic rings. The Kier molecular flexibility index (Phi) is 6.85. The number of ether oxygens (including phenoxy) is 2. The maximum absolute atomic E-state index is 11.8. The summed E-state index contributed by atoms with van der Waals surface area (Å²) in [5.74, 6) is -0.0168. The highest BCUT2D eigenvalue weighted by Gasteiger charge is 2.51. The third kappa shape index (κ3) is 4.82.